The minimum atomic E-state index is 0.0143. The molecule has 1 heterocycles. The highest BCUT2D eigenvalue weighted by Crippen LogP contribution is 2.40. The molecule has 1 aliphatic carbocycles. The van der Waals surface area contributed by atoms with Gasteiger partial charge in [-0.3, -0.25) is 9.89 Å². The van der Waals surface area contributed by atoms with Crippen molar-refractivity contribution in [2.75, 3.05) is 0 Å². The second kappa shape index (κ2) is 4.70. The predicted octanol–water partition coefficient (Wildman–Crippen LogP) is 3.67. The highest BCUT2D eigenvalue weighted by Gasteiger charge is 2.24. The largest absolute Gasteiger partial charge is 0.293 e. The molecule has 0 spiro atoms. The van der Waals surface area contributed by atoms with Crippen molar-refractivity contribution in [3.63, 3.8) is 0 Å². The monoisotopic (exact) mass is 230 g/mol. The van der Waals surface area contributed by atoms with E-state index in [2.05, 4.69) is 22.3 Å². The fraction of sp³-hybridized carbons (Fsp3) is 0.429. The quantitative estimate of drug-likeness (QED) is 0.800. The molecule has 0 saturated heterocycles. The summed E-state index contributed by atoms with van der Waals surface area (Å²) in [6, 6.07) is 6.23. The summed E-state index contributed by atoms with van der Waals surface area (Å²) in [5, 5.41) is 7.90. The maximum Gasteiger partial charge on any atom is 0.180 e. The molecule has 3 heteroatoms. The Balaban J connectivity index is 0.000000514. The fourth-order valence-corrected chi connectivity index (χ4v) is 1.98. The van der Waals surface area contributed by atoms with Crippen molar-refractivity contribution in [3.05, 3.63) is 29.5 Å². The number of carbonyl (C=O) groups is 1. The number of benzene rings is 1. The topological polar surface area (TPSA) is 45.8 Å². The van der Waals surface area contributed by atoms with Crippen LogP contribution < -0.4 is 0 Å². The number of fused-ring (bicyclic) bond motifs is 1. The van der Waals surface area contributed by atoms with Crippen LogP contribution in [0.1, 0.15) is 55.6 Å². The Morgan fingerprint density at radius 2 is 2.06 bits per heavy atom. The Kier molecular flexibility index (Phi) is 3.27. The van der Waals surface area contributed by atoms with Gasteiger partial charge in [0.2, 0.25) is 0 Å². The summed E-state index contributed by atoms with van der Waals surface area (Å²) in [6.45, 7) is 5.55. The molecular formula is C14H18N2O. The first-order valence-electron chi connectivity index (χ1n) is 6.24. The number of nitrogens with one attached hydrogen (secondary N) is 1. The second-order valence-corrected chi connectivity index (χ2v) is 4.21. The third-order valence-corrected chi connectivity index (χ3v) is 2.97. The molecule has 0 atom stereocenters. The van der Waals surface area contributed by atoms with Gasteiger partial charge in [-0.1, -0.05) is 26.0 Å². The van der Waals surface area contributed by atoms with Gasteiger partial charge in [0.25, 0.3) is 0 Å². The third-order valence-electron chi connectivity index (χ3n) is 2.97. The molecule has 0 amide bonds. The van der Waals surface area contributed by atoms with E-state index in [0.29, 0.717) is 5.69 Å². The summed E-state index contributed by atoms with van der Waals surface area (Å²) in [5.41, 5.74) is 2.89. The van der Waals surface area contributed by atoms with Crippen LogP contribution in [-0.4, -0.2) is 16.0 Å². The molecule has 1 saturated carbocycles. The smallest absolute Gasteiger partial charge is 0.180 e. The van der Waals surface area contributed by atoms with E-state index >= 15 is 0 Å². The van der Waals surface area contributed by atoms with Gasteiger partial charge in [0.05, 0.1) is 5.52 Å². The molecule has 1 aromatic heterocycles. The molecule has 0 aliphatic heterocycles. The fourth-order valence-electron chi connectivity index (χ4n) is 1.98. The maximum atomic E-state index is 11.3. The molecule has 1 fully saturated rings. The highest BCUT2D eigenvalue weighted by atomic mass is 16.1. The van der Waals surface area contributed by atoms with Crippen LogP contribution in [0.5, 0.6) is 0 Å². The Morgan fingerprint density at radius 3 is 2.65 bits per heavy atom. The zero-order chi connectivity index (χ0) is 12.4. The molecule has 3 rings (SSSR count). The van der Waals surface area contributed by atoms with Crippen LogP contribution in [0.2, 0.25) is 0 Å². The molecule has 1 aromatic carbocycles. The average molecular weight is 230 g/mol. The van der Waals surface area contributed by atoms with Crippen molar-refractivity contribution in [2.24, 2.45) is 0 Å². The first kappa shape index (κ1) is 11.8. The first-order valence-corrected chi connectivity index (χ1v) is 6.24. The van der Waals surface area contributed by atoms with E-state index in [1.54, 1.807) is 6.92 Å². The van der Waals surface area contributed by atoms with Crippen molar-refractivity contribution in [3.8, 4) is 0 Å². The number of aromatic amines is 1. The van der Waals surface area contributed by atoms with Crippen molar-refractivity contribution in [1.82, 2.24) is 10.2 Å². The number of Topliss-reactive ketones (excluding diaryl/α,β-unsaturated/α-hetero) is 1. The lowest BCUT2D eigenvalue weighted by molar-refractivity contribution is 0.101. The first-order chi connectivity index (χ1) is 8.25. The van der Waals surface area contributed by atoms with Crippen LogP contribution in [0.15, 0.2) is 18.2 Å². The Bertz CT molecular complexity index is 538. The van der Waals surface area contributed by atoms with E-state index in [1.807, 2.05) is 19.9 Å². The minimum Gasteiger partial charge on any atom is -0.293 e. The van der Waals surface area contributed by atoms with Gasteiger partial charge in [-0.2, -0.15) is 5.10 Å². The summed E-state index contributed by atoms with van der Waals surface area (Å²) in [4.78, 5) is 11.3. The lowest BCUT2D eigenvalue weighted by Crippen LogP contribution is -1.92. The van der Waals surface area contributed by atoms with Crippen LogP contribution >= 0.6 is 0 Å². The SMILES string of the molecule is CC.CC(=O)c1n[nH]c2cc(C3CC3)ccc12. The van der Waals surface area contributed by atoms with Gasteiger partial charge in [0, 0.05) is 12.3 Å². The van der Waals surface area contributed by atoms with Gasteiger partial charge in [-0.05, 0) is 30.4 Å². The van der Waals surface area contributed by atoms with Crippen molar-refractivity contribution in [1.29, 1.82) is 0 Å². The molecule has 3 nitrogen and oxygen atoms in total. The molecular weight excluding hydrogens is 212 g/mol. The summed E-state index contributed by atoms with van der Waals surface area (Å²) in [7, 11) is 0. The lowest BCUT2D eigenvalue weighted by atomic mass is 10.1. The number of aromatic nitrogens is 2. The number of ketones is 1. The molecule has 0 bridgehead atoms. The third kappa shape index (κ3) is 2.23. The Hall–Kier alpha value is -1.64. The van der Waals surface area contributed by atoms with Gasteiger partial charge in [0.15, 0.2) is 5.78 Å². The molecule has 17 heavy (non-hydrogen) atoms. The van der Waals surface area contributed by atoms with Crippen molar-refractivity contribution >= 4 is 16.7 Å². The normalized spacial score (nSPS) is 14.3. The zero-order valence-corrected chi connectivity index (χ0v) is 10.6. The van der Waals surface area contributed by atoms with E-state index in [1.165, 1.54) is 18.4 Å². The van der Waals surface area contributed by atoms with Gasteiger partial charge in [-0.15, -0.1) is 0 Å². The highest BCUT2D eigenvalue weighted by molar-refractivity contribution is 6.04. The van der Waals surface area contributed by atoms with Gasteiger partial charge in [0.1, 0.15) is 5.69 Å². The predicted molar refractivity (Wildman–Crippen MR) is 69.4 cm³/mol. The minimum absolute atomic E-state index is 0.0143. The van der Waals surface area contributed by atoms with Crippen LogP contribution in [0, 0.1) is 0 Å². The van der Waals surface area contributed by atoms with Gasteiger partial charge in [-0.25, -0.2) is 0 Å². The zero-order valence-electron chi connectivity index (χ0n) is 10.6. The van der Waals surface area contributed by atoms with Crippen molar-refractivity contribution < 1.29 is 4.79 Å². The number of carbonyl (C=O) groups excluding carboxylic acids is 1. The summed E-state index contributed by atoms with van der Waals surface area (Å²) >= 11 is 0. The van der Waals surface area contributed by atoms with Gasteiger partial charge < -0.3 is 0 Å². The number of rotatable bonds is 2. The lowest BCUT2D eigenvalue weighted by Gasteiger charge is -1.97. The van der Waals surface area contributed by atoms with Crippen LogP contribution in [0.3, 0.4) is 0 Å². The van der Waals surface area contributed by atoms with E-state index in [9.17, 15) is 4.79 Å². The second-order valence-electron chi connectivity index (χ2n) is 4.21. The van der Waals surface area contributed by atoms with E-state index in [-0.39, 0.29) is 5.78 Å². The van der Waals surface area contributed by atoms with Gasteiger partial charge >= 0.3 is 0 Å². The Morgan fingerprint density at radius 1 is 1.35 bits per heavy atom. The number of nitrogens with zero attached hydrogens (tertiary/aromatic N) is 1. The van der Waals surface area contributed by atoms with Crippen LogP contribution in [0.25, 0.3) is 10.9 Å². The molecule has 1 N–H and O–H groups in total. The number of H-pyrrole nitrogens is 1. The standard InChI is InChI=1S/C12H12N2O.C2H6/c1-7(15)12-10-5-4-9(8-2-3-8)6-11(10)13-14-12;1-2/h4-6,8H,2-3H2,1H3,(H,13,14);1-2H3. The molecule has 0 unspecified atom stereocenters. The van der Waals surface area contributed by atoms with E-state index in [4.69, 9.17) is 0 Å². The average Bonchev–Trinajstić information content (AvgIpc) is 3.10. The Labute approximate surface area is 101 Å². The maximum absolute atomic E-state index is 11.3. The van der Waals surface area contributed by atoms with E-state index in [0.717, 1.165) is 16.8 Å². The molecule has 90 valence electrons. The molecule has 1 aliphatic rings. The number of hydrogen-bond donors (Lipinski definition) is 1. The van der Waals surface area contributed by atoms with Crippen molar-refractivity contribution in [2.45, 2.75) is 39.5 Å². The molecule has 0 radical (unpaired) electrons. The molecule has 2 aromatic rings. The summed E-state index contributed by atoms with van der Waals surface area (Å²) in [6.07, 6.45) is 2.58. The summed E-state index contributed by atoms with van der Waals surface area (Å²) in [5.74, 6) is 0.749. The van der Waals surface area contributed by atoms with Crippen LogP contribution in [-0.2, 0) is 0 Å². The van der Waals surface area contributed by atoms with E-state index < -0.39 is 0 Å². The van der Waals surface area contributed by atoms with Crippen LogP contribution in [0.4, 0.5) is 0 Å². The summed E-state index contributed by atoms with van der Waals surface area (Å²) < 4.78 is 0. The number of hydrogen-bond acceptors (Lipinski definition) is 2.